The van der Waals surface area contributed by atoms with Crippen molar-refractivity contribution in [3.05, 3.63) is 46.4 Å². The number of piperazine rings is 1. The summed E-state index contributed by atoms with van der Waals surface area (Å²) >= 11 is 0. The molecule has 0 spiro atoms. The number of aryl methyl sites for hydroxylation is 1. The highest BCUT2D eigenvalue weighted by atomic mass is 16.1. The van der Waals surface area contributed by atoms with E-state index >= 15 is 0 Å². The van der Waals surface area contributed by atoms with Crippen LogP contribution < -0.4 is 16.2 Å². The second-order valence-corrected chi connectivity index (χ2v) is 5.52. The Morgan fingerprint density at radius 1 is 1.25 bits per heavy atom. The first-order valence-corrected chi connectivity index (χ1v) is 7.75. The number of rotatable bonds is 3. The lowest BCUT2D eigenvalue weighted by Crippen LogP contribution is -2.51. The van der Waals surface area contributed by atoms with Crippen LogP contribution in [0.2, 0.25) is 0 Å². The van der Waals surface area contributed by atoms with Gasteiger partial charge in [0.25, 0.3) is 5.56 Å². The van der Waals surface area contributed by atoms with Gasteiger partial charge in [0.1, 0.15) is 5.82 Å². The van der Waals surface area contributed by atoms with E-state index in [9.17, 15) is 4.79 Å². The number of aromatic nitrogens is 4. The van der Waals surface area contributed by atoms with Crippen molar-refractivity contribution in [3.8, 4) is 0 Å². The van der Waals surface area contributed by atoms with Crippen LogP contribution in [0.1, 0.15) is 11.4 Å². The number of H-pyrrole nitrogens is 1. The van der Waals surface area contributed by atoms with Crippen molar-refractivity contribution in [1.29, 1.82) is 0 Å². The molecule has 3 N–H and O–H groups in total. The van der Waals surface area contributed by atoms with Crippen molar-refractivity contribution < 1.29 is 0 Å². The molecule has 0 aliphatic carbocycles. The van der Waals surface area contributed by atoms with E-state index in [1.165, 1.54) is 6.20 Å². The Bertz CT molecular complexity index is 765. The molecule has 1 aliphatic heterocycles. The predicted molar refractivity (Wildman–Crippen MR) is 90.7 cm³/mol. The van der Waals surface area contributed by atoms with Gasteiger partial charge in [-0.25, -0.2) is 19.9 Å². The summed E-state index contributed by atoms with van der Waals surface area (Å²) < 4.78 is 0. The van der Waals surface area contributed by atoms with Gasteiger partial charge in [0.2, 0.25) is 5.95 Å². The molecule has 126 valence electrons. The number of nitrogens with one attached hydrogen (secondary N) is 1. The molecular formula is C15H20N8O. The second kappa shape index (κ2) is 7.07. The Labute approximate surface area is 139 Å². The van der Waals surface area contributed by atoms with Crippen LogP contribution in [0.5, 0.6) is 0 Å². The smallest absolute Gasteiger partial charge is 0.255 e. The molecule has 2 aromatic heterocycles. The van der Waals surface area contributed by atoms with Crippen LogP contribution in [0.25, 0.3) is 0 Å². The second-order valence-electron chi connectivity index (χ2n) is 5.52. The molecule has 1 aliphatic rings. The zero-order valence-corrected chi connectivity index (χ0v) is 13.5. The van der Waals surface area contributed by atoms with Crippen molar-refractivity contribution in [2.24, 2.45) is 10.7 Å². The van der Waals surface area contributed by atoms with Crippen LogP contribution in [0.15, 0.2) is 34.4 Å². The lowest BCUT2D eigenvalue weighted by atomic mass is 10.3. The summed E-state index contributed by atoms with van der Waals surface area (Å²) in [5.41, 5.74) is 6.38. The molecule has 0 radical (unpaired) electrons. The van der Waals surface area contributed by atoms with E-state index in [0.717, 1.165) is 32.1 Å². The molecular weight excluding hydrogens is 308 g/mol. The summed E-state index contributed by atoms with van der Waals surface area (Å²) in [7, 11) is 0. The minimum Gasteiger partial charge on any atom is -0.370 e. The number of hydrogen-bond donors (Lipinski definition) is 2. The maximum atomic E-state index is 11.8. The van der Waals surface area contributed by atoms with Gasteiger partial charge in [0.15, 0.2) is 5.96 Å². The zero-order chi connectivity index (χ0) is 16.9. The monoisotopic (exact) mass is 328 g/mol. The van der Waals surface area contributed by atoms with E-state index in [2.05, 4.69) is 29.8 Å². The van der Waals surface area contributed by atoms with Gasteiger partial charge < -0.3 is 20.5 Å². The van der Waals surface area contributed by atoms with E-state index in [1.807, 2.05) is 4.90 Å². The van der Waals surface area contributed by atoms with Gasteiger partial charge in [-0.15, -0.1) is 0 Å². The summed E-state index contributed by atoms with van der Waals surface area (Å²) in [6.07, 6.45) is 5.00. The zero-order valence-electron chi connectivity index (χ0n) is 13.5. The van der Waals surface area contributed by atoms with Gasteiger partial charge in [-0.05, 0) is 13.0 Å². The summed E-state index contributed by atoms with van der Waals surface area (Å²) in [5.74, 6) is 1.74. The van der Waals surface area contributed by atoms with Crippen molar-refractivity contribution in [3.63, 3.8) is 0 Å². The molecule has 1 fully saturated rings. The largest absolute Gasteiger partial charge is 0.370 e. The summed E-state index contributed by atoms with van der Waals surface area (Å²) in [5, 5.41) is 0. The fourth-order valence-corrected chi connectivity index (χ4v) is 2.48. The van der Waals surface area contributed by atoms with Crippen LogP contribution in [0, 0.1) is 6.92 Å². The molecule has 2 aromatic rings. The topological polar surface area (TPSA) is 116 Å². The standard InChI is InChI=1S/C15H20N8O/c1-11-19-9-12(13(24)21-11)10-20-14(16)22-5-7-23(8-6-22)15-17-3-2-4-18-15/h2-4,9H,5-8,10H2,1H3,(H2,16,20)(H,19,21,24). The highest BCUT2D eigenvalue weighted by Crippen LogP contribution is 2.09. The maximum absolute atomic E-state index is 11.8. The van der Waals surface area contributed by atoms with Crippen LogP contribution in [-0.4, -0.2) is 57.0 Å². The van der Waals surface area contributed by atoms with E-state index in [1.54, 1.807) is 25.4 Å². The lowest BCUT2D eigenvalue weighted by molar-refractivity contribution is 0.378. The van der Waals surface area contributed by atoms with Crippen LogP contribution in [0.4, 0.5) is 5.95 Å². The minimum atomic E-state index is -0.176. The number of anilines is 1. The molecule has 0 atom stereocenters. The SMILES string of the molecule is Cc1ncc(CN=C(N)N2CCN(c3ncccn3)CC2)c(=O)[nH]1. The van der Waals surface area contributed by atoms with E-state index < -0.39 is 0 Å². The number of aliphatic imine (C=N–C) groups is 1. The third-order valence-corrected chi connectivity index (χ3v) is 3.85. The van der Waals surface area contributed by atoms with E-state index in [4.69, 9.17) is 5.73 Å². The average Bonchev–Trinajstić information content (AvgIpc) is 2.62. The quantitative estimate of drug-likeness (QED) is 0.576. The summed E-state index contributed by atoms with van der Waals surface area (Å²) in [4.78, 5) is 35.4. The van der Waals surface area contributed by atoms with Crippen LogP contribution >= 0.6 is 0 Å². The molecule has 3 heterocycles. The Kier molecular flexibility index (Phi) is 4.69. The van der Waals surface area contributed by atoms with E-state index in [0.29, 0.717) is 17.3 Å². The molecule has 0 bridgehead atoms. The lowest BCUT2D eigenvalue weighted by Gasteiger charge is -2.35. The molecule has 0 aromatic carbocycles. The van der Waals surface area contributed by atoms with Crippen LogP contribution in [-0.2, 0) is 6.54 Å². The maximum Gasteiger partial charge on any atom is 0.255 e. The molecule has 0 saturated carbocycles. The number of nitrogens with zero attached hydrogens (tertiary/aromatic N) is 6. The molecule has 0 unspecified atom stereocenters. The average molecular weight is 328 g/mol. The number of nitrogens with two attached hydrogens (primary N) is 1. The molecule has 3 rings (SSSR count). The number of aromatic amines is 1. The summed E-state index contributed by atoms with van der Waals surface area (Å²) in [6, 6.07) is 1.80. The van der Waals surface area contributed by atoms with Crippen molar-refractivity contribution in [2.75, 3.05) is 31.1 Å². The van der Waals surface area contributed by atoms with Gasteiger partial charge in [0, 0.05) is 44.8 Å². The Morgan fingerprint density at radius 3 is 2.62 bits per heavy atom. The highest BCUT2D eigenvalue weighted by molar-refractivity contribution is 5.78. The Hall–Kier alpha value is -2.97. The highest BCUT2D eigenvalue weighted by Gasteiger charge is 2.19. The first-order valence-electron chi connectivity index (χ1n) is 7.75. The number of hydrogen-bond acceptors (Lipinski definition) is 6. The fourth-order valence-electron chi connectivity index (χ4n) is 2.48. The van der Waals surface area contributed by atoms with Crippen LogP contribution in [0.3, 0.4) is 0 Å². The minimum absolute atomic E-state index is 0.176. The van der Waals surface area contributed by atoms with Crippen molar-refractivity contribution in [1.82, 2.24) is 24.8 Å². The molecule has 1 saturated heterocycles. The fraction of sp³-hybridized carbons (Fsp3) is 0.400. The van der Waals surface area contributed by atoms with Gasteiger partial charge >= 0.3 is 0 Å². The van der Waals surface area contributed by atoms with Gasteiger partial charge in [0.05, 0.1) is 12.1 Å². The third kappa shape index (κ3) is 3.67. The number of guanidine groups is 1. The molecule has 9 nitrogen and oxygen atoms in total. The van der Waals surface area contributed by atoms with Gasteiger partial charge in [-0.3, -0.25) is 4.79 Å². The predicted octanol–water partition coefficient (Wildman–Crippen LogP) is -0.495. The first kappa shape index (κ1) is 15.9. The third-order valence-electron chi connectivity index (χ3n) is 3.85. The molecule has 0 amide bonds. The molecule has 9 heteroatoms. The van der Waals surface area contributed by atoms with Crippen molar-refractivity contribution >= 4 is 11.9 Å². The first-order chi connectivity index (χ1) is 11.6. The van der Waals surface area contributed by atoms with Gasteiger partial charge in [-0.2, -0.15) is 0 Å². The van der Waals surface area contributed by atoms with Crippen molar-refractivity contribution in [2.45, 2.75) is 13.5 Å². The Balaban J connectivity index is 1.58. The molecule has 24 heavy (non-hydrogen) atoms. The Morgan fingerprint density at radius 2 is 1.96 bits per heavy atom. The normalized spacial score (nSPS) is 15.6. The van der Waals surface area contributed by atoms with E-state index in [-0.39, 0.29) is 12.1 Å². The van der Waals surface area contributed by atoms with Gasteiger partial charge in [-0.1, -0.05) is 0 Å². The summed E-state index contributed by atoms with van der Waals surface area (Å²) in [6.45, 7) is 4.96.